The summed E-state index contributed by atoms with van der Waals surface area (Å²) in [6.07, 6.45) is 1.99. The molecular formula is C19H22N4O3. The second kappa shape index (κ2) is 6.74. The van der Waals surface area contributed by atoms with E-state index in [1.165, 1.54) is 18.3 Å². The van der Waals surface area contributed by atoms with E-state index >= 15 is 0 Å². The van der Waals surface area contributed by atoms with Gasteiger partial charge in [-0.2, -0.15) is 0 Å². The van der Waals surface area contributed by atoms with Gasteiger partial charge in [0, 0.05) is 30.8 Å². The van der Waals surface area contributed by atoms with Gasteiger partial charge in [-0.3, -0.25) is 14.9 Å². The second-order valence-electron chi connectivity index (χ2n) is 7.46. The fourth-order valence-corrected chi connectivity index (χ4v) is 3.19. The van der Waals surface area contributed by atoms with Crippen molar-refractivity contribution in [1.82, 2.24) is 10.3 Å². The Morgan fingerprint density at radius 1 is 1.23 bits per heavy atom. The van der Waals surface area contributed by atoms with Crippen molar-refractivity contribution in [3.8, 4) is 0 Å². The first-order valence-corrected chi connectivity index (χ1v) is 8.51. The van der Waals surface area contributed by atoms with Crippen molar-refractivity contribution in [3.05, 3.63) is 63.8 Å². The highest BCUT2D eigenvalue weighted by atomic mass is 16.6. The van der Waals surface area contributed by atoms with Crippen LogP contribution in [0.3, 0.4) is 0 Å². The van der Waals surface area contributed by atoms with Crippen molar-refractivity contribution in [2.24, 2.45) is 0 Å². The van der Waals surface area contributed by atoms with Crippen LogP contribution in [-0.4, -0.2) is 27.4 Å². The molecule has 0 radical (unpaired) electrons. The van der Waals surface area contributed by atoms with Crippen LogP contribution in [0.25, 0.3) is 0 Å². The number of benzene rings is 1. The van der Waals surface area contributed by atoms with Crippen LogP contribution >= 0.6 is 0 Å². The van der Waals surface area contributed by atoms with Crippen LogP contribution in [0.5, 0.6) is 0 Å². The Balaban J connectivity index is 2.05. The SMILES string of the molecule is CC(C)(C)NC(=O)[C@@H]1Cc2ccccc2CN1c1ncccc1[N+](=O)[O-]. The van der Waals surface area contributed by atoms with Crippen molar-refractivity contribution in [1.29, 1.82) is 0 Å². The standard InChI is InChI=1S/C19H22N4O3/c1-19(2,3)21-18(24)16-11-13-7-4-5-8-14(13)12-22(16)17-15(23(25)26)9-6-10-20-17/h4-10,16H,11-12H2,1-3H3,(H,21,24)/t16-/m0/s1. The van der Waals surface area contributed by atoms with Crippen molar-refractivity contribution in [2.45, 2.75) is 45.3 Å². The van der Waals surface area contributed by atoms with E-state index in [2.05, 4.69) is 10.3 Å². The van der Waals surface area contributed by atoms with E-state index in [1.807, 2.05) is 45.0 Å². The van der Waals surface area contributed by atoms with Gasteiger partial charge in [-0.1, -0.05) is 24.3 Å². The summed E-state index contributed by atoms with van der Waals surface area (Å²) in [4.78, 5) is 29.9. The molecular weight excluding hydrogens is 332 g/mol. The van der Waals surface area contributed by atoms with Gasteiger partial charge in [0.15, 0.2) is 0 Å². The van der Waals surface area contributed by atoms with Gasteiger partial charge < -0.3 is 10.2 Å². The monoisotopic (exact) mass is 354 g/mol. The van der Waals surface area contributed by atoms with Crippen LogP contribution in [0, 0.1) is 10.1 Å². The van der Waals surface area contributed by atoms with Crippen molar-refractivity contribution in [2.75, 3.05) is 4.90 Å². The first-order chi connectivity index (χ1) is 12.3. The normalized spacial score (nSPS) is 16.7. The molecule has 26 heavy (non-hydrogen) atoms. The number of carbonyl (C=O) groups excluding carboxylic acids is 1. The molecule has 136 valence electrons. The van der Waals surface area contributed by atoms with Crippen LogP contribution in [0.2, 0.25) is 0 Å². The molecule has 0 saturated heterocycles. The Morgan fingerprint density at radius 2 is 1.92 bits per heavy atom. The van der Waals surface area contributed by atoms with E-state index in [0.29, 0.717) is 13.0 Å². The summed E-state index contributed by atoms with van der Waals surface area (Å²) < 4.78 is 0. The summed E-state index contributed by atoms with van der Waals surface area (Å²) in [6.45, 7) is 6.13. The van der Waals surface area contributed by atoms with Gasteiger partial charge in [-0.15, -0.1) is 0 Å². The Hall–Kier alpha value is -2.96. The van der Waals surface area contributed by atoms with Gasteiger partial charge in [0.05, 0.1) is 4.92 Å². The fraction of sp³-hybridized carbons (Fsp3) is 0.368. The number of nitro groups is 1. The molecule has 0 bridgehead atoms. The van der Waals surface area contributed by atoms with E-state index in [0.717, 1.165) is 11.1 Å². The number of hydrogen-bond donors (Lipinski definition) is 1. The molecule has 1 aliphatic heterocycles. The summed E-state index contributed by atoms with van der Waals surface area (Å²) in [5, 5.41) is 14.4. The summed E-state index contributed by atoms with van der Waals surface area (Å²) in [6, 6.07) is 10.2. The maximum absolute atomic E-state index is 12.9. The molecule has 1 amide bonds. The number of hydrogen-bond acceptors (Lipinski definition) is 5. The highest BCUT2D eigenvalue weighted by Gasteiger charge is 2.36. The van der Waals surface area contributed by atoms with E-state index < -0.39 is 16.5 Å². The fourth-order valence-electron chi connectivity index (χ4n) is 3.19. The summed E-state index contributed by atoms with van der Waals surface area (Å²) in [5.41, 5.74) is 1.64. The zero-order valence-electron chi connectivity index (χ0n) is 15.1. The molecule has 7 heteroatoms. The first-order valence-electron chi connectivity index (χ1n) is 8.51. The van der Waals surface area contributed by atoms with Crippen LogP contribution in [0.15, 0.2) is 42.6 Å². The second-order valence-corrected chi connectivity index (χ2v) is 7.46. The third-order valence-electron chi connectivity index (χ3n) is 4.28. The molecule has 7 nitrogen and oxygen atoms in total. The lowest BCUT2D eigenvalue weighted by Gasteiger charge is -2.37. The lowest BCUT2D eigenvalue weighted by molar-refractivity contribution is -0.384. The number of anilines is 1. The maximum Gasteiger partial charge on any atom is 0.311 e. The molecule has 1 aromatic carbocycles. The third kappa shape index (κ3) is 3.66. The predicted molar refractivity (Wildman–Crippen MR) is 98.9 cm³/mol. The minimum atomic E-state index is -0.558. The minimum absolute atomic E-state index is 0.0968. The molecule has 0 unspecified atom stereocenters. The average molecular weight is 354 g/mol. The first kappa shape index (κ1) is 17.8. The zero-order chi connectivity index (χ0) is 18.9. The van der Waals surface area contributed by atoms with E-state index in [-0.39, 0.29) is 17.4 Å². The summed E-state index contributed by atoms with van der Waals surface area (Å²) in [5.74, 6) is 0.0630. The molecule has 1 aliphatic rings. The lowest BCUT2D eigenvalue weighted by Crippen LogP contribution is -2.55. The van der Waals surface area contributed by atoms with Crippen molar-refractivity contribution < 1.29 is 9.72 Å². The maximum atomic E-state index is 12.9. The number of pyridine rings is 1. The van der Waals surface area contributed by atoms with Gasteiger partial charge in [-0.25, -0.2) is 4.98 Å². The molecule has 1 aromatic heterocycles. The Kier molecular flexibility index (Phi) is 4.63. The van der Waals surface area contributed by atoms with Gasteiger partial charge in [0.2, 0.25) is 11.7 Å². The van der Waals surface area contributed by atoms with E-state index in [1.54, 1.807) is 4.90 Å². The van der Waals surface area contributed by atoms with E-state index in [9.17, 15) is 14.9 Å². The van der Waals surface area contributed by atoms with Crippen LogP contribution in [0.1, 0.15) is 31.9 Å². The zero-order valence-corrected chi connectivity index (χ0v) is 15.1. The molecule has 2 heterocycles. The number of amides is 1. The Bertz CT molecular complexity index is 845. The predicted octanol–water partition coefficient (Wildman–Crippen LogP) is 2.84. The summed E-state index contributed by atoms with van der Waals surface area (Å²) in [7, 11) is 0. The molecule has 1 N–H and O–H groups in total. The molecule has 0 saturated carbocycles. The Labute approximate surface area is 152 Å². The average Bonchev–Trinajstić information content (AvgIpc) is 2.59. The van der Waals surface area contributed by atoms with Crippen LogP contribution in [0.4, 0.5) is 11.5 Å². The topological polar surface area (TPSA) is 88.4 Å². The Morgan fingerprint density at radius 3 is 2.58 bits per heavy atom. The van der Waals surface area contributed by atoms with Crippen LogP contribution < -0.4 is 10.2 Å². The van der Waals surface area contributed by atoms with Crippen molar-refractivity contribution in [3.63, 3.8) is 0 Å². The van der Waals surface area contributed by atoms with Crippen molar-refractivity contribution >= 4 is 17.4 Å². The smallest absolute Gasteiger partial charge is 0.311 e. The molecule has 0 spiro atoms. The minimum Gasteiger partial charge on any atom is -0.350 e. The highest BCUT2D eigenvalue weighted by molar-refractivity contribution is 5.87. The van der Waals surface area contributed by atoms with Crippen LogP contribution in [-0.2, 0) is 17.8 Å². The molecule has 0 aliphatic carbocycles. The van der Waals surface area contributed by atoms with Gasteiger partial charge in [0.1, 0.15) is 6.04 Å². The number of nitrogens with zero attached hydrogens (tertiary/aromatic N) is 3. The number of nitrogens with one attached hydrogen (secondary N) is 1. The molecule has 1 atom stereocenters. The third-order valence-corrected chi connectivity index (χ3v) is 4.28. The number of rotatable bonds is 3. The lowest BCUT2D eigenvalue weighted by atomic mass is 9.92. The number of aromatic nitrogens is 1. The number of carbonyl (C=O) groups is 1. The van der Waals surface area contributed by atoms with Gasteiger partial charge in [0.25, 0.3) is 0 Å². The largest absolute Gasteiger partial charge is 0.350 e. The highest BCUT2D eigenvalue weighted by Crippen LogP contribution is 2.33. The van der Waals surface area contributed by atoms with E-state index in [4.69, 9.17) is 0 Å². The number of fused-ring (bicyclic) bond motifs is 1. The van der Waals surface area contributed by atoms with Gasteiger partial charge in [-0.05, 0) is 38.0 Å². The molecule has 3 rings (SSSR count). The summed E-state index contributed by atoms with van der Waals surface area (Å²) >= 11 is 0. The quantitative estimate of drug-likeness (QED) is 0.676. The molecule has 2 aromatic rings. The van der Waals surface area contributed by atoms with Gasteiger partial charge >= 0.3 is 5.69 Å². The molecule has 0 fully saturated rings.